The molecule has 2 unspecified atom stereocenters. The Kier molecular flexibility index (Phi) is 7.58. The van der Waals surface area contributed by atoms with E-state index in [1.807, 2.05) is 6.07 Å². The molecule has 3 nitrogen and oxygen atoms in total. The van der Waals surface area contributed by atoms with Crippen LogP contribution in [0.1, 0.15) is 58.6 Å². The maximum absolute atomic E-state index is 5.37. The van der Waals surface area contributed by atoms with Crippen molar-refractivity contribution in [1.29, 1.82) is 0 Å². The van der Waals surface area contributed by atoms with Crippen molar-refractivity contribution in [3.8, 4) is 11.5 Å². The Balaban J connectivity index is 2.56. The van der Waals surface area contributed by atoms with Crippen LogP contribution in [0.2, 0.25) is 0 Å². The first kappa shape index (κ1) is 17.8. The van der Waals surface area contributed by atoms with Crippen molar-refractivity contribution >= 4 is 0 Å². The molecule has 120 valence electrons. The molecule has 0 amide bonds. The molecule has 0 bridgehead atoms. The molecule has 0 saturated heterocycles. The number of methoxy groups -OCH3 is 2. The summed E-state index contributed by atoms with van der Waals surface area (Å²) in [7, 11) is 3.34. The third-order valence-corrected chi connectivity index (χ3v) is 3.86. The predicted molar refractivity (Wildman–Crippen MR) is 89.2 cm³/mol. The highest BCUT2D eigenvalue weighted by Crippen LogP contribution is 2.30. The second kappa shape index (κ2) is 8.93. The van der Waals surface area contributed by atoms with Gasteiger partial charge in [-0.15, -0.1) is 0 Å². The zero-order valence-electron chi connectivity index (χ0n) is 14.4. The summed E-state index contributed by atoms with van der Waals surface area (Å²) in [6.45, 7) is 9.02. The predicted octanol–water partition coefficient (Wildman–Crippen LogP) is 4.57. The van der Waals surface area contributed by atoms with Crippen molar-refractivity contribution in [2.45, 2.75) is 59.0 Å². The summed E-state index contributed by atoms with van der Waals surface area (Å²) in [5.74, 6) is 2.36. The summed E-state index contributed by atoms with van der Waals surface area (Å²) in [5, 5.41) is 3.66. The Bertz CT molecular complexity index is 418. The molecule has 0 radical (unpaired) electrons. The molecule has 3 heteroatoms. The minimum absolute atomic E-state index is 0.304. The van der Waals surface area contributed by atoms with Gasteiger partial charge in [-0.05, 0) is 43.9 Å². The highest BCUT2D eigenvalue weighted by molar-refractivity contribution is 5.43. The Labute approximate surface area is 130 Å². The quantitative estimate of drug-likeness (QED) is 0.723. The van der Waals surface area contributed by atoms with E-state index in [9.17, 15) is 0 Å². The van der Waals surface area contributed by atoms with Crippen LogP contribution in [0.15, 0.2) is 18.2 Å². The van der Waals surface area contributed by atoms with E-state index in [4.69, 9.17) is 9.47 Å². The Hall–Kier alpha value is -1.22. The molecule has 0 aliphatic rings. The SMILES string of the molecule is COc1ccc(C(C)NC(C)CCCC(C)C)cc1OC. The van der Waals surface area contributed by atoms with E-state index in [2.05, 4.69) is 45.1 Å². The molecule has 0 heterocycles. The Morgan fingerprint density at radius 3 is 2.19 bits per heavy atom. The molecule has 1 aromatic rings. The monoisotopic (exact) mass is 293 g/mol. The highest BCUT2D eigenvalue weighted by Gasteiger charge is 2.12. The summed E-state index contributed by atoms with van der Waals surface area (Å²) in [4.78, 5) is 0. The number of nitrogens with one attached hydrogen (secondary N) is 1. The van der Waals surface area contributed by atoms with Crippen LogP contribution in [0.25, 0.3) is 0 Å². The number of benzene rings is 1. The van der Waals surface area contributed by atoms with Gasteiger partial charge in [-0.3, -0.25) is 0 Å². The fourth-order valence-corrected chi connectivity index (χ4v) is 2.56. The van der Waals surface area contributed by atoms with Crippen molar-refractivity contribution in [1.82, 2.24) is 5.32 Å². The van der Waals surface area contributed by atoms with Gasteiger partial charge in [-0.1, -0.05) is 32.8 Å². The van der Waals surface area contributed by atoms with Crippen molar-refractivity contribution in [3.63, 3.8) is 0 Å². The van der Waals surface area contributed by atoms with Gasteiger partial charge in [-0.25, -0.2) is 0 Å². The fourth-order valence-electron chi connectivity index (χ4n) is 2.56. The lowest BCUT2D eigenvalue weighted by Gasteiger charge is -2.21. The summed E-state index contributed by atoms with van der Waals surface area (Å²) < 4.78 is 10.7. The van der Waals surface area contributed by atoms with E-state index in [0.717, 1.165) is 17.4 Å². The molecule has 1 rings (SSSR count). The zero-order valence-corrected chi connectivity index (χ0v) is 14.4. The van der Waals surface area contributed by atoms with E-state index < -0.39 is 0 Å². The van der Waals surface area contributed by atoms with Crippen LogP contribution < -0.4 is 14.8 Å². The summed E-state index contributed by atoms with van der Waals surface area (Å²) in [6, 6.07) is 6.94. The van der Waals surface area contributed by atoms with Crippen molar-refractivity contribution < 1.29 is 9.47 Å². The molecule has 0 saturated carbocycles. The van der Waals surface area contributed by atoms with Crippen molar-refractivity contribution in [2.24, 2.45) is 5.92 Å². The smallest absolute Gasteiger partial charge is 0.161 e. The topological polar surface area (TPSA) is 30.5 Å². The molecule has 0 aromatic heterocycles. The van der Waals surface area contributed by atoms with Gasteiger partial charge in [-0.2, -0.15) is 0 Å². The fraction of sp³-hybridized carbons (Fsp3) is 0.667. The number of hydrogen-bond acceptors (Lipinski definition) is 3. The lowest BCUT2D eigenvalue weighted by atomic mass is 10.0. The second-order valence-corrected chi connectivity index (χ2v) is 6.23. The van der Waals surface area contributed by atoms with E-state index in [1.165, 1.54) is 24.8 Å². The highest BCUT2D eigenvalue weighted by atomic mass is 16.5. The third kappa shape index (κ3) is 5.96. The number of ether oxygens (including phenoxy) is 2. The van der Waals surface area contributed by atoms with Crippen LogP contribution in [0, 0.1) is 5.92 Å². The Morgan fingerprint density at radius 2 is 1.62 bits per heavy atom. The van der Waals surface area contributed by atoms with Gasteiger partial charge >= 0.3 is 0 Å². The van der Waals surface area contributed by atoms with Gasteiger partial charge in [0.2, 0.25) is 0 Å². The summed E-state index contributed by atoms with van der Waals surface area (Å²) in [6.07, 6.45) is 3.80. The minimum Gasteiger partial charge on any atom is -0.493 e. The molecular formula is C18H31NO2. The summed E-state index contributed by atoms with van der Waals surface area (Å²) in [5.41, 5.74) is 1.23. The van der Waals surface area contributed by atoms with Gasteiger partial charge in [0.05, 0.1) is 14.2 Å². The normalized spacial score (nSPS) is 14.0. The van der Waals surface area contributed by atoms with Crippen molar-refractivity contribution in [3.05, 3.63) is 23.8 Å². The lowest BCUT2D eigenvalue weighted by molar-refractivity contribution is 0.353. The molecule has 21 heavy (non-hydrogen) atoms. The first-order valence-electron chi connectivity index (χ1n) is 7.95. The molecule has 1 N–H and O–H groups in total. The van der Waals surface area contributed by atoms with Crippen molar-refractivity contribution in [2.75, 3.05) is 14.2 Å². The van der Waals surface area contributed by atoms with Gasteiger partial charge in [0, 0.05) is 12.1 Å². The van der Waals surface area contributed by atoms with Crippen LogP contribution in [0.4, 0.5) is 0 Å². The van der Waals surface area contributed by atoms with E-state index in [0.29, 0.717) is 12.1 Å². The maximum Gasteiger partial charge on any atom is 0.161 e. The van der Waals surface area contributed by atoms with Gasteiger partial charge < -0.3 is 14.8 Å². The van der Waals surface area contributed by atoms with Crippen LogP contribution in [0.5, 0.6) is 11.5 Å². The van der Waals surface area contributed by atoms with Gasteiger partial charge in [0.25, 0.3) is 0 Å². The lowest BCUT2D eigenvalue weighted by Crippen LogP contribution is -2.29. The van der Waals surface area contributed by atoms with Crippen LogP contribution in [-0.2, 0) is 0 Å². The first-order valence-corrected chi connectivity index (χ1v) is 7.95. The molecule has 0 aliphatic heterocycles. The molecule has 0 aliphatic carbocycles. The van der Waals surface area contributed by atoms with E-state index in [1.54, 1.807) is 14.2 Å². The maximum atomic E-state index is 5.37. The molecule has 2 atom stereocenters. The first-order chi connectivity index (χ1) is 9.97. The van der Waals surface area contributed by atoms with Gasteiger partial charge in [0.1, 0.15) is 0 Å². The van der Waals surface area contributed by atoms with Gasteiger partial charge in [0.15, 0.2) is 11.5 Å². The van der Waals surface area contributed by atoms with Crippen LogP contribution >= 0.6 is 0 Å². The zero-order chi connectivity index (χ0) is 15.8. The van der Waals surface area contributed by atoms with Crippen LogP contribution in [0.3, 0.4) is 0 Å². The second-order valence-electron chi connectivity index (χ2n) is 6.23. The number of hydrogen-bond donors (Lipinski definition) is 1. The average Bonchev–Trinajstić information content (AvgIpc) is 2.45. The molecule has 1 aromatic carbocycles. The van der Waals surface area contributed by atoms with Crippen LogP contribution in [-0.4, -0.2) is 20.3 Å². The summed E-state index contributed by atoms with van der Waals surface area (Å²) >= 11 is 0. The molecular weight excluding hydrogens is 262 g/mol. The number of rotatable bonds is 9. The van der Waals surface area contributed by atoms with E-state index in [-0.39, 0.29) is 0 Å². The Morgan fingerprint density at radius 1 is 0.952 bits per heavy atom. The standard InChI is InChI=1S/C18H31NO2/c1-13(2)8-7-9-14(3)19-15(4)16-10-11-17(20-5)18(12-16)21-6/h10-15,19H,7-9H2,1-6H3. The minimum atomic E-state index is 0.304. The molecule has 0 spiro atoms. The average molecular weight is 293 g/mol. The third-order valence-electron chi connectivity index (χ3n) is 3.86. The molecule has 0 fully saturated rings. The largest absolute Gasteiger partial charge is 0.493 e. The van der Waals surface area contributed by atoms with E-state index >= 15 is 0 Å².